The lowest BCUT2D eigenvalue weighted by molar-refractivity contribution is 0.588. The quantitative estimate of drug-likeness (QED) is 0.911. The topological polar surface area (TPSA) is 29.9 Å². The second-order valence-corrected chi connectivity index (χ2v) is 5.50. The van der Waals surface area contributed by atoms with Crippen LogP contribution in [0, 0.1) is 20.8 Å². The molecule has 3 heteroatoms. The van der Waals surface area contributed by atoms with Gasteiger partial charge in [-0.05, 0) is 44.0 Å². The van der Waals surface area contributed by atoms with Gasteiger partial charge >= 0.3 is 0 Å². The second kappa shape index (κ2) is 5.57. The SMILES string of the molecule is Cc1cc(C)n(-c2ccc(CNC(C)C)cc2C)n1. The Morgan fingerprint density at radius 2 is 1.89 bits per heavy atom. The van der Waals surface area contributed by atoms with Gasteiger partial charge in [0.25, 0.3) is 0 Å². The monoisotopic (exact) mass is 257 g/mol. The first-order valence-electron chi connectivity index (χ1n) is 6.84. The van der Waals surface area contributed by atoms with Crippen LogP contribution in [0.5, 0.6) is 0 Å². The summed E-state index contributed by atoms with van der Waals surface area (Å²) < 4.78 is 2.02. The lowest BCUT2D eigenvalue weighted by Crippen LogP contribution is -2.21. The number of hydrogen-bond acceptors (Lipinski definition) is 2. The molecule has 0 radical (unpaired) electrons. The minimum absolute atomic E-state index is 0.510. The van der Waals surface area contributed by atoms with Gasteiger partial charge in [-0.2, -0.15) is 5.10 Å². The normalized spacial score (nSPS) is 11.3. The maximum atomic E-state index is 4.55. The Balaban J connectivity index is 2.27. The van der Waals surface area contributed by atoms with E-state index in [1.54, 1.807) is 0 Å². The maximum Gasteiger partial charge on any atom is 0.0678 e. The standard InChI is InChI=1S/C16H23N3/c1-11(2)17-10-15-6-7-16(12(3)8-15)19-14(5)9-13(4)18-19/h6-9,11,17H,10H2,1-5H3. The zero-order chi connectivity index (χ0) is 14.0. The third kappa shape index (κ3) is 3.24. The van der Waals surface area contributed by atoms with Crippen LogP contribution in [-0.2, 0) is 6.54 Å². The molecule has 0 aliphatic rings. The van der Waals surface area contributed by atoms with Gasteiger partial charge in [-0.3, -0.25) is 0 Å². The molecule has 2 aromatic rings. The molecule has 0 aliphatic carbocycles. The smallest absolute Gasteiger partial charge is 0.0678 e. The lowest BCUT2D eigenvalue weighted by atomic mass is 10.1. The molecule has 0 saturated heterocycles. The number of nitrogens with zero attached hydrogens (tertiary/aromatic N) is 2. The molecule has 0 fully saturated rings. The van der Waals surface area contributed by atoms with Crippen LogP contribution in [0.25, 0.3) is 5.69 Å². The average molecular weight is 257 g/mol. The second-order valence-electron chi connectivity index (χ2n) is 5.50. The number of aromatic nitrogens is 2. The minimum atomic E-state index is 0.510. The van der Waals surface area contributed by atoms with Gasteiger partial charge in [0, 0.05) is 18.3 Å². The number of aryl methyl sites for hydroxylation is 3. The Kier molecular flexibility index (Phi) is 4.05. The van der Waals surface area contributed by atoms with Gasteiger partial charge in [-0.25, -0.2) is 4.68 Å². The van der Waals surface area contributed by atoms with Crippen LogP contribution in [0.2, 0.25) is 0 Å². The van der Waals surface area contributed by atoms with Gasteiger partial charge in [0.05, 0.1) is 11.4 Å². The Morgan fingerprint density at radius 3 is 2.42 bits per heavy atom. The molecule has 19 heavy (non-hydrogen) atoms. The fourth-order valence-electron chi connectivity index (χ4n) is 2.26. The van der Waals surface area contributed by atoms with Crippen LogP contribution in [0.1, 0.15) is 36.4 Å². The third-order valence-electron chi connectivity index (χ3n) is 3.21. The van der Waals surface area contributed by atoms with Gasteiger partial charge in [-0.15, -0.1) is 0 Å². The van der Waals surface area contributed by atoms with Crippen molar-refractivity contribution in [1.82, 2.24) is 15.1 Å². The van der Waals surface area contributed by atoms with E-state index in [1.807, 2.05) is 11.6 Å². The van der Waals surface area contributed by atoms with Crippen LogP contribution in [0.4, 0.5) is 0 Å². The molecule has 1 N–H and O–H groups in total. The van der Waals surface area contributed by atoms with Crippen molar-refractivity contribution in [1.29, 1.82) is 0 Å². The van der Waals surface area contributed by atoms with E-state index >= 15 is 0 Å². The summed E-state index contributed by atoms with van der Waals surface area (Å²) in [5.74, 6) is 0. The number of benzene rings is 1. The molecule has 1 aromatic heterocycles. The van der Waals surface area contributed by atoms with E-state index < -0.39 is 0 Å². The predicted molar refractivity (Wildman–Crippen MR) is 79.8 cm³/mol. The highest BCUT2D eigenvalue weighted by atomic mass is 15.3. The van der Waals surface area contributed by atoms with Crippen molar-refractivity contribution >= 4 is 0 Å². The van der Waals surface area contributed by atoms with Crippen molar-refractivity contribution in [2.45, 2.75) is 47.2 Å². The minimum Gasteiger partial charge on any atom is -0.310 e. The van der Waals surface area contributed by atoms with E-state index in [0.29, 0.717) is 6.04 Å². The van der Waals surface area contributed by atoms with Crippen molar-refractivity contribution < 1.29 is 0 Å². The van der Waals surface area contributed by atoms with Gasteiger partial charge in [0.1, 0.15) is 0 Å². The molecule has 0 bridgehead atoms. The van der Waals surface area contributed by atoms with E-state index in [4.69, 9.17) is 0 Å². The highest BCUT2D eigenvalue weighted by Crippen LogP contribution is 2.18. The molecule has 0 unspecified atom stereocenters. The zero-order valence-electron chi connectivity index (χ0n) is 12.5. The molecule has 102 valence electrons. The highest BCUT2D eigenvalue weighted by molar-refractivity contribution is 5.43. The van der Waals surface area contributed by atoms with Gasteiger partial charge < -0.3 is 5.32 Å². The number of nitrogens with one attached hydrogen (secondary N) is 1. The zero-order valence-corrected chi connectivity index (χ0v) is 12.5. The Morgan fingerprint density at radius 1 is 1.16 bits per heavy atom. The van der Waals surface area contributed by atoms with Crippen LogP contribution in [0.15, 0.2) is 24.3 Å². The van der Waals surface area contributed by atoms with E-state index in [-0.39, 0.29) is 0 Å². The van der Waals surface area contributed by atoms with Gasteiger partial charge in [0.2, 0.25) is 0 Å². The first kappa shape index (κ1) is 13.8. The molecule has 1 aromatic carbocycles. The molecular weight excluding hydrogens is 234 g/mol. The molecule has 0 saturated carbocycles. The first-order valence-corrected chi connectivity index (χ1v) is 6.84. The summed E-state index contributed by atoms with van der Waals surface area (Å²) in [4.78, 5) is 0. The molecule has 1 heterocycles. The predicted octanol–water partition coefficient (Wildman–Crippen LogP) is 3.30. The third-order valence-corrected chi connectivity index (χ3v) is 3.21. The van der Waals surface area contributed by atoms with E-state index in [2.05, 4.69) is 62.4 Å². The number of rotatable bonds is 4. The van der Waals surface area contributed by atoms with Crippen LogP contribution in [-0.4, -0.2) is 15.8 Å². The number of hydrogen-bond donors (Lipinski definition) is 1. The molecule has 0 atom stereocenters. The first-order chi connectivity index (χ1) is 8.97. The lowest BCUT2D eigenvalue weighted by Gasteiger charge is -2.12. The average Bonchev–Trinajstić information content (AvgIpc) is 2.66. The van der Waals surface area contributed by atoms with E-state index in [0.717, 1.165) is 12.2 Å². The fourth-order valence-corrected chi connectivity index (χ4v) is 2.26. The Hall–Kier alpha value is -1.61. The van der Waals surface area contributed by atoms with Crippen molar-refractivity contribution in [2.24, 2.45) is 0 Å². The summed E-state index contributed by atoms with van der Waals surface area (Å²) in [5, 5.41) is 7.99. The molecule has 0 aliphatic heterocycles. The van der Waals surface area contributed by atoms with Crippen LogP contribution < -0.4 is 5.32 Å². The van der Waals surface area contributed by atoms with Crippen LogP contribution >= 0.6 is 0 Å². The van der Waals surface area contributed by atoms with Crippen molar-refractivity contribution in [3.8, 4) is 5.69 Å². The maximum absolute atomic E-state index is 4.55. The molecule has 0 spiro atoms. The van der Waals surface area contributed by atoms with Crippen molar-refractivity contribution in [3.05, 3.63) is 46.8 Å². The van der Waals surface area contributed by atoms with Crippen molar-refractivity contribution in [2.75, 3.05) is 0 Å². The van der Waals surface area contributed by atoms with E-state index in [1.165, 1.54) is 22.5 Å². The largest absolute Gasteiger partial charge is 0.310 e. The summed E-state index contributed by atoms with van der Waals surface area (Å²) in [6.45, 7) is 11.5. The molecular formula is C16H23N3. The summed E-state index contributed by atoms with van der Waals surface area (Å²) in [6.07, 6.45) is 0. The Bertz CT molecular complexity index is 567. The van der Waals surface area contributed by atoms with Crippen molar-refractivity contribution in [3.63, 3.8) is 0 Å². The fraction of sp³-hybridized carbons (Fsp3) is 0.438. The highest BCUT2D eigenvalue weighted by Gasteiger charge is 2.07. The molecule has 0 amide bonds. The van der Waals surface area contributed by atoms with Gasteiger partial charge in [-0.1, -0.05) is 26.0 Å². The van der Waals surface area contributed by atoms with Gasteiger partial charge in [0.15, 0.2) is 0 Å². The molecule has 2 rings (SSSR count). The summed E-state index contributed by atoms with van der Waals surface area (Å²) in [6, 6.07) is 9.19. The molecule has 3 nitrogen and oxygen atoms in total. The summed E-state index contributed by atoms with van der Waals surface area (Å²) >= 11 is 0. The summed E-state index contributed by atoms with van der Waals surface area (Å²) in [7, 11) is 0. The van der Waals surface area contributed by atoms with Crippen LogP contribution in [0.3, 0.4) is 0 Å². The Labute approximate surface area is 115 Å². The summed E-state index contributed by atoms with van der Waals surface area (Å²) in [5.41, 5.74) is 5.97. The van der Waals surface area contributed by atoms with E-state index in [9.17, 15) is 0 Å².